The van der Waals surface area contributed by atoms with E-state index < -0.39 is 6.10 Å². The molecule has 4 heteroatoms. The number of nitrogens with zero attached hydrogens (tertiary/aromatic N) is 1. The van der Waals surface area contributed by atoms with Crippen molar-refractivity contribution in [2.24, 2.45) is 17.8 Å². The summed E-state index contributed by atoms with van der Waals surface area (Å²) < 4.78 is 12.6. The molecule has 5 fully saturated rings. The first-order valence-electron chi connectivity index (χ1n) is 13.5. The highest BCUT2D eigenvalue weighted by atomic mass is 16.5. The van der Waals surface area contributed by atoms with Crippen LogP contribution in [-0.4, -0.2) is 55.1 Å². The molecule has 2 aromatic carbocycles. The summed E-state index contributed by atoms with van der Waals surface area (Å²) in [7, 11) is 0. The molecule has 0 radical (unpaired) electrons. The van der Waals surface area contributed by atoms with Gasteiger partial charge in [0.15, 0.2) is 0 Å². The first kappa shape index (κ1) is 22.6. The zero-order valence-electron chi connectivity index (χ0n) is 20.4. The molecule has 1 N–H and O–H groups in total. The Morgan fingerprint density at radius 3 is 2.12 bits per heavy atom. The lowest BCUT2D eigenvalue weighted by atomic mass is 9.48. The van der Waals surface area contributed by atoms with E-state index in [1.54, 1.807) is 0 Å². The van der Waals surface area contributed by atoms with Crippen LogP contribution in [0.25, 0.3) is 0 Å². The summed E-state index contributed by atoms with van der Waals surface area (Å²) in [5, 5.41) is 10.9. The fourth-order valence-electron chi connectivity index (χ4n) is 8.17. The zero-order chi connectivity index (χ0) is 23.0. The molecule has 0 spiro atoms. The maximum atomic E-state index is 10.9. The van der Waals surface area contributed by atoms with Gasteiger partial charge in [-0.25, -0.2) is 0 Å². The van der Waals surface area contributed by atoms with Gasteiger partial charge in [-0.2, -0.15) is 0 Å². The lowest BCUT2D eigenvalue weighted by Gasteiger charge is -2.57. The zero-order valence-corrected chi connectivity index (χ0v) is 20.4. The quantitative estimate of drug-likeness (QED) is 0.565. The second-order valence-corrected chi connectivity index (χ2v) is 11.9. The van der Waals surface area contributed by atoms with E-state index in [0.29, 0.717) is 18.6 Å². The van der Waals surface area contributed by atoms with E-state index in [1.165, 1.54) is 49.7 Å². The van der Waals surface area contributed by atoms with Crippen LogP contribution < -0.4 is 4.74 Å². The Morgan fingerprint density at radius 2 is 1.50 bits per heavy atom. The van der Waals surface area contributed by atoms with E-state index in [1.807, 2.05) is 0 Å². The molecule has 1 heterocycles. The number of benzene rings is 2. The lowest BCUT2D eigenvalue weighted by molar-refractivity contribution is -0.950. The molecule has 182 valence electrons. The van der Waals surface area contributed by atoms with Crippen molar-refractivity contribution in [3.8, 4) is 5.75 Å². The van der Waals surface area contributed by atoms with Crippen LogP contribution in [0.4, 0.5) is 0 Å². The summed E-state index contributed by atoms with van der Waals surface area (Å²) in [6.07, 6.45) is 8.12. The van der Waals surface area contributed by atoms with Crippen molar-refractivity contribution in [2.45, 2.75) is 56.6 Å². The topological polar surface area (TPSA) is 38.7 Å². The molecule has 4 bridgehead atoms. The van der Waals surface area contributed by atoms with Crippen LogP contribution >= 0.6 is 0 Å². The average Bonchev–Trinajstić information content (AvgIpc) is 2.83. The van der Waals surface area contributed by atoms with E-state index in [0.717, 1.165) is 60.8 Å². The summed E-state index contributed by atoms with van der Waals surface area (Å²) in [6.45, 7) is 5.35. The fraction of sp³-hybridized carbons (Fsp3) is 0.600. The third kappa shape index (κ3) is 4.65. The minimum atomic E-state index is -0.496. The van der Waals surface area contributed by atoms with Crippen molar-refractivity contribution >= 4 is 0 Å². The highest BCUT2D eigenvalue weighted by molar-refractivity contribution is 5.34. The first-order chi connectivity index (χ1) is 16.6. The van der Waals surface area contributed by atoms with Crippen molar-refractivity contribution in [3.05, 3.63) is 65.7 Å². The van der Waals surface area contributed by atoms with Crippen molar-refractivity contribution in [1.82, 2.24) is 0 Å². The number of hydrogen-bond acceptors (Lipinski definition) is 3. The van der Waals surface area contributed by atoms with Crippen LogP contribution in [0.5, 0.6) is 5.75 Å². The normalized spacial score (nSPS) is 32.4. The molecule has 2 aromatic rings. The van der Waals surface area contributed by atoms with Crippen LogP contribution in [0.2, 0.25) is 0 Å². The van der Waals surface area contributed by atoms with E-state index in [-0.39, 0.29) is 0 Å². The van der Waals surface area contributed by atoms with Gasteiger partial charge in [0.05, 0.1) is 13.2 Å². The van der Waals surface area contributed by atoms with E-state index >= 15 is 0 Å². The van der Waals surface area contributed by atoms with Gasteiger partial charge in [0.1, 0.15) is 44.6 Å². The highest BCUT2D eigenvalue weighted by Crippen LogP contribution is 2.60. The molecule has 0 amide bonds. The molecule has 4 aliphatic carbocycles. The van der Waals surface area contributed by atoms with Gasteiger partial charge in [0, 0.05) is 5.56 Å². The number of aliphatic hydroxyl groups is 1. The summed E-state index contributed by atoms with van der Waals surface area (Å²) in [4.78, 5) is 0. The maximum absolute atomic E-state index is 10.9. The molecule has 5 aliphatic rings. The Labute approximate surface area is 204 Å². The molecule has 0 aromatic heterocycles. The minimum Gasteiger partial charge on any atom is -0.491 e. The summed E-state index contributed by atoms with van der Waals surface area (Å²) >= 11 is 0. The number of rotatable bonds is 8. The Morgan fingerprint density at radius 1 is 0.882 bits per heavy atom. The Kier molecular flexibility index (Phi) is 6.17. The van der Waals surface area contributed by atoms with Crippen LogP contribution in [0.1, 0.15) is 49.7 Å². The molecule has 34 heavy (non-hydrogen) atoms. The number of hydrogen-bond donors (Lipinski definition) is 1. The maximum Gasteiger partial charge on any atom is 0.137 e. The van der Waals surface area contributed by atoms with Crippen LogP contribution in [0.15, 0.2) is 54.6 Å². The number of ether oxygens (including phenoxy) is 2. The Balaban J connectivity index is 1.07. The van der Waals surface area contributed by atoms with E-state index in [9.17, 15) is 5.11 Å². The van der Waals surface area contributed by atoms with Gasteiger partial charge in [-0.1, -0.05) is 42.5 Å². The number of quaternary nitrogens is 1. The summed E-state index contributed by atoms with van der Waals surface area (Å²) in [5.74, 6) is 3.76. The third-order valence-corrected chi connectivity index (χ3v) is 9.33. The molecule has 4 nitrogen and oxygen atoms in total. The molecule has 1 aliphatic heterocycles. The van der Waals surface area contributed by atoms with Gasteiger partial charge in [0.25, 0.3) is 0 Å². The standard InChI is InChI=1S/C30H40NO3/c32-28(21-31(10-12-33-13-11-31)20-23-4-2-1-3-5-23)22-34-29-8-6-27(7-9-29)30-17-24-14-25(18-30)16-26(15-24)19-30/h1-9,24-26,28,32H,10-22H2/q+1. The Hall–Kier alpha value is -1.88. The molecule has 7 rings (SSSR count). The molecular formula is C30H40NO3+. The molecule has 1 unspecified atom stereocenters. The summed E-state index contributed by atoms with van der Waals surface area (Å²) in [6, 6.07) is 19.5. The summed E-state index contributed by atoms with van der Waals surface area (Å²) in [5.41, 5.74) is 3.27. The largest absolute Gasteiger partial charge is 0.491 e. The van der Waals surface area contributed by atoms with E-state index in [4.69, 9.17) is 9.47 Å². The van der Waals surface area contributed by atoms with Gasteiger partial charge in [0.2, 0.25) is 0 Å². The van der Waals surface area contributed by atoms with Crippen molar-refractivity contribution in [1.29, 1.82) is 0 Å². The van der Waals surface area contributed by atoms with Crippen molar-refractivity contribution in [2.75, 3.05) is 39.5 Å². The SMILES string of the molecule is OC(COc1ccc(C23CC4CC(CC(C4)C2)C3)cc1)C[N+]1(Cc2ccccc2)CCOCC1. The number of morpholine rings is 1. The molecule has 1 atom stereocenters. The Bertz CT molecular complexity index is 915. The van der Waals surface area contributed by atoms with E-state index in [2.05, 4.69) is 54.6 Å². The van der Waals surface area contributed by atoms with Gasteiger partial charge < -0.3 is 19.1 Å². The average molecular weight is 463 g/mol. The predicted molar refractivity (Wildman–Crippen MR) is 134 cm³/mol. The third-order valence-electron chi connectivity index (χ3n) is 9.33. The monoisotopic (exact) mass is 462 g/mol. The van der Waals surface area contributed by atoms with Crippen molar-refractivity contribution < 1.29 is 19.1 Å². The molecular weight excluding hydrogens is 422 g/mol. The van der Waals surface area contributed by atoms with Gasteiger partial charge in [-0.3, -0.25) is 0 Å². The molecule has 4 saturated carbocycles. The van der Waals surface area contributed by atoms with Gasteiger partial charge in [-0.05, 0) is 79.4 Å². The van der Waals surface area contributed by atoms with Crippen molar-refractivity contribution in [3.63, 3.8) is 0 Å². The van der Waals surface area contributed by atoms with Crippen LogP contribution in [0.3, 0.4) is 0 Å². The highest BCUT2D eigenvalue weighted by Gasteiger charge is 2.51. The van der Waals surface area contributed by atoms with Gasteiger partial charge in [-0.15, -0.1) is 0 Å². The fourth-order valence-corrected chi connectivity index (χ4v) is 8.17. The number of aliphatic hydroxyl groups excluding tert-OH is 1. The minimum absolute atomic E-state index is 0.340. The van der Waals surface area contributed by atoms with Crippen LogP contribution in [0, 0.1) is 17.8 Å². The molecule has 1 saturated heterocycles. The lowest BCUT2D eigenvalue weighted by Crippen LogP contribution is -2.58. The second kappa shape index (κ2) is 9.29. The predicted octanol–water partition coefficient (Wildman–Crippen LogP) is 4.94. The smallest absolute Gasteiger partial charge is 0.137 e. The second-order valence-electron chi connectivity index (χ2n) is 11.9. The van der Waals surface area contributed by atoms with Gasteiger partial charge >= 0.3 is 0 Å². The first-order valence-corrected chi connectivity index (χ1v) is 13.5. The van der Waals surface area contributed by atoms with Crippen LogP contribution in [-0.2, 0) is 16.7 Å².